The van der Waals surface area contributed by atoms with E-state index in [1.54, 1.807) is 18.2 Å². The van der Waals surface area contributed by atoms with Gasteiger partial charge in [0, 0.05) is 18.8 Å². The van der Waals surface area contributed by atoms with Gasteiger partial charge in [-0.2, -0.15) is 5.26 Å². The van der Waals surface area contributed by atoms with Crippen molar-refractivity contribution in [1.29, 1.82) is 5.26 Å². The highest BCUT2D eigenvalue weighted by Crippen LogP contribution is 2.26. The van der Waals surface area contributed by atoms with E-state index in [4.69, 9.17) is 10.00 Å². The first kappa shape index (κ1) is 15.4. The normalized spacial score (nSPS) is 14.5. The number of rotatable bonds is 3. The van der Waals surface area contributed by atoms with Crippen LogP contribution in [-0.2, 0) is 4.74 Å². The molecule has 0 saturated carbocycles. The molecular formula is C18H16FN5O. The van der Waals surface area contributed by atoms with Crippen LogP contribution in [0.1, 0.15) is 5.56 Å². The number of morpholine rings is 1. The Labute approximate surface area is 143 Å². The first-order valence-corrected chi connectivity index (χ1v) is 8.03. The van der Waals surface area contributed by atoms with E-state index in [-0.39, 0.29) is 5.82 Å². The molecule has 25 heavy (non-hydrogen) atoms. The SMILES string of the molecule is N#Cc1cccc2[nH]c(Nc3ccc(N4CCOCC4)c(F)c3)nc12. The van der Waals surface area contributed by atoms with Crippen LogP contribution in [-0.4, -0.2) is 36.3 Å². The number of hydrogen-bond donors (Lipinski definition) is 2. The number of imidazole rings is 1. The predicted octanol–water partition coefficient (Wildman–Crippen LogP) is 3.15. The molecule has 0 amide bonds. The van der Waals surface area contributed by atoms with Gasteiger partial charge in [0.1, 0.15) is 17.4 Å². The first-order chi connectivity index (χ1) is 12.2. The van der Waals surface area contributed by atoms with Crippen molar-refractivity contribution in [2.45, 2.75) is 0 Å². The van der Waals surface area contributed by atoms with Crippen molar-refractivity contribution in [2.75, 3.05) is 36.5 Å². The molecule has 126 valence electrons. The molecule has 0 spiro atoms. The van der Waals surface area contributed by atoms with E-state index < -0.39 is 0 Å². The van der Waals surface area contributed by atoms with E-state index in [1.165, 1.54) is 6.07 Å². The number of aromatic nitrogens is 2. The van der Waals surface area contributed by atoms with Crippen molar-refractivity contribution in [3.63, 3.8) is 0 Å². The molecule has 1 saturated heterocycles. The van der Waals surface area contributed by atoms with Gasteiger partial charge < -0.3 is 19.9 Å². The molecule has 0 radical (unpaired) electrons. The number of halogens is 1. The number of aromatic amines is 1. The molecule has 1 aliphatic rings. The monoisotopic (exact) mass is 337 g/mol. The molecule has 0 atom stereocenters. The number of nitriles is 1. The van der Waals surface area contributed by atoms with Crippen LogP contribution in [0.25, 0.3) is 11.0 Å². The van der Waals surface area contributed by atoms with E-state index in [2.05, 4.69) is 21.4 Å². The zero-order valence-corrected chi connectivity index (χ0v) is 13.4. The van der Waals surface area contributed by atoms with E-state index in [1.807, 2.05) is 17.0 Å². The van der Waals surface area contributed by atoms with Gasteiger partial charge in [0.25, 0.3) is 0 Å². The standard InChI is InChI=1S/C18H16FN5O/c19-14-10-13(4-5-16(14)24-6-8-25-9-7-24)21-18-22-15-3-1-2-12(11-20)17(15)23-18/h1-5,10H,6-9H2,(H2,21,22,23). The summed E-state index contributed by atoms with van der Waals surface area (Å²) in [6.07, 6.45) is 0. The van der Waals surface area contributed by atoms with Gasteiger partial charge in [-0.1, -0.05) is 6.07 Å². The van der Waals surface area contributed by atoms with Crippen LogP contribution in [0.5, 0.6) is 0 Å². The summed E-state index contributed by atoms with van der Waals surface area (Å²) in [5, 5.41) is 12.2. The van der Waals surface area contributed by atoms with Gasteiger partial charge in [0.05, 0.1) is 30.0 Å². The molecule has 3 aromatic rings. The highest BCUT2D eigenvalue weighted by Gasteiger charge is 2.15. The molecule has 7 heteroatoms. The third-order valence-electron chi connectivity index (χ3n) is 4.20. The average Bonchev–Trinajstić information content (AvgIpc) is 3.05. The zero-order chi connectivity index (χ0) is 17.2. The lowest BCUT2D eigenvalue weighted by Crippen LogP contribution is -2.36. The highest BCUT2D eigenvalue weighted by atomic mass is 19.1. The minimum absolute atomic E-state index is 0.291. The minimum Gasteiger partial charge on any atom is -0.378 e. The summed E-state index contributed by atoms with van der Waals surface area (Å²) < 4.78 is 19.8. The smallest absolute Gasteiger partial charge is 0.205 e. The Bertz CT molecular complexity index is 956. The van der Waals surface area contributed by atoms with Crippen LogP contribution in [0.3, 0.4) is 0 Å². The Hall–Kier alpha value is -3.11. The van der Waals surface area contributed by atoms with Crippen LogP contribution >= 0.6 is 0 Å². The second-order valence-corrected chi connectivity index (χ2v) is 5.79. The van der Waals surface area contributed by atoms with Gasteiger partial charge in [-0.05, 0) is 30.3 Å². The predicted molar refractivity (Wildman–Crippen MR) is 93.5 cm³/mol. The van der Waals surface area contributed by atoms with Crippen LogP contribution in [0.15, 0.2) is 36.4 Å². The molecule has 4 rings (SSSR count). The number of nitrogens with zero attached hydrogens (tertiary/aromatic N) is 3. The molecule has 6 nitrogen and oxygen atoms in total. The van der Waals surface area contributed by atoms with Gasteiger partial charge in [0.2, 0.25) is 5.95 Å². The summed E-state index contributed by atoms with van der Waals surface area (Å²) >= 11 is 0. The van der Waals surface area contributed by atoms with E-state index >= 15 is 0 Å². The van der Waals surface area contributed by atoms with Crippen LogP contribution in [0.2, 0.25) is 0 Å². The lowest BCUT2D eigenvalue weighted by molar-refractivity contribution is 0.122. The molecule has 0 unspecified atom stereocenters. The van der Waals surface area contributed by atoms with Crippen LogP contribution in [0.4, 0.5) is 21.7 Å². The lowest BCUT2D eigenvalue weighted by atomic mass is 10.2. The second kappa shape index (κ2) is 6.42. The molecule has 0 aliphatic carbocycles. The fourth-order valence-corrected chi connectivity index (χ4v) is 2.96. The van der Waals surface area contributed by atoms with Crippen LogP contribution < -0.4 is 10.2 Å². The number of benzene rings is 2. The summed E-state index contributed by atoms with van der Waals surface area (Å²) in [7, 11) is 0. The number of para-hydroxylation sites is 1. The van der Waals surface area contributed by atoms with E-state index in [9.17, 15) is 4.39 Å². The van der Waals surface area contributed by atoms with Gasteiger partial charge in [-0.25, -0.2) is 9.37 Å². The van der Waals surface area contributed by atoms with Crippen molar-refractivity contribution in [3.8, 4) is 6.07 Å². The Morgan fingerprint density at radius 2 is 2.08 bits per heavy atom. The third-order valence-corrected chi connectivity index (χ3v) is 4.20. The molecule has 1 aromatic heterocycles. The van der Waals surface area contributed by atoms with Gasteiger partial charge in [-0.15, -0.1) is 0 Å². The molecule has 2 heterocycles. The fourth-order valence-electron chi connectivity index (χ4n) is 2.96. The maximum Gasteiger partial charge on any atom is 0.205 e. The molecule has 2 aromatic carbocycles. The third kappa shape index (κ3) is 2.99. The number of fused-ring (bicyclic) bond motifs is 1. The van der Waals surface area contributed by atoms with Crippen molar-refractivity contribution in [2.24, 2.45) is 0 Å². The lowest BCUT2D eigenvalue weighted by Gasteiger charge is -2.29. The Kier molecular flexibility index (Phi) is 3.96. The number of H-pyrrole nitrogens is 1. The number of ether oxygens (including phenoxy) is 1. The Balaban J connectivity index is 1.59. The Morgan fingerprint density at radius 3 is 2.84 bits per heavy atom. The maximum absolute atomic E-state index is 14.5. The van der Waals surface area contributed by atoms with Gasteiger partial charge in [0.15, 0.2) is 0 Å². The molecular weight excluding hydrogens is 321 g/mol. The summed E-state index contributed by atoms with van der Waals surface area (Å²) in [6.45, 7) is 2.59. The molecule has 0 bridgehead atoms. The first-order valence-electron chi connectivity index (χ1n) is 8.03. The summed E-state index contributed by atoms with van der Waals surface area (Å²) in [5.41, 5.74) is 3.01. The second-order valence-electron chi connectivity index (χ2n) is 5.79. The summed E-state index contributed by atoms with van der Waals surface area (Å²) in [5.74, 6) is 0.178. The number of anilines is 3. The largest absolute Gasteiger partial charge is 0.378 e. The quantitative estimate of drug-likeness (QED) is 0.768. The van der Waals surface area contributed by atoms with Crippen LogP contribution in [0, 0.1) is 17.1 Å². The van der Waals surface area contributed by atoms with Crippen molar-refractivity contribution in [3.05, 3.63) is 47.8 Å². The molecule has 1 aliphatic heterocycles. The van der Waals surface area contributed by atoms with Gasteiger partial charge >= 0.3 is 0 Å². The van der Waals surface area contributed by atoms with E-state index in [0.29, 0.717) is 54.7 Å². The average molecular weight is 337 g/mol. The summed E-state index contributed by atoms with van der Waals surface area (Å²) in [4.78, 5) is 9.45. The molecule has 2 N–H and O–H groups in total. The van der Waals surface area contributed by atoms with E-state index in [0.717, 1.165) is 5.52 Å². The number of nitrogens with one attached hydrogen (secondary N) is 2. The zero-order valence-electron chi connectivity index (χ0n) is 13.4. The number of hydrogen-bond acceptors (Lipinski definition) is 5. The van der Waals surface area contributed by atoms with Crippen molar-refractivity contribution in [1.82, 2.24) is 9.97 Å². The maximum atomic E-state index is 14.5. The van der Waals surface area contributed by atoms with Crippen molar-refractivity contribution >= 4 is 28.4 Å². The van der Waals surface area contributed by atoms with Gasteiger partial charge in [-0.3, -0.25) is 0 Å². The topological polar surface area (TPSA) is 77.0 Å². The minimum atomic E-state index is -0.291. The molecule has 1 fully saturated rings. The van der Waals surface area contributed by atoms with Crippen molar-refractivity contribution < 1.29 is 9.13 Å². The highest BCUT2D eigenvalue weighted by molar-refractivity contribution is 5.83. The fraction of sp³-hybridized carbons (Fsp3) is 0.222. The summed E-state index contributed by atoms with van der Waals surface area (Å²) in [6, 6.07) is 12.5. The Morgan fingerprint density at radius 1 is 1.24 bits per heavy atom.